The summed E-state index contributed by atoms with van der Waals surface area (Å²) >= 11 is 6.22. The Morgan fingerprint density at radius 1 is 1.10 bits per heavy atom. The van der Waals surface area contributed by atoms with Crippen LogP contribution in [0.15, 0.2) is 47.6 Å². The van der Waals surface area contributed by atoms with Crippen molar-refractivity contribution in [2.45, 2.75) is 88.0 Å². The fourth-order valence-corrected chi connectivity index (χ4v) is 7.15. The van der Waals surface area contributed by atoms with Crippen LogP contribution >= 0.6 is 11.6 Å². The molecule has 2 fully saturated rings. The van der Waals surface area contributed by atoms with Crippen molar-refractivity contribution in [3.05, 3.63) is 53.3 Å². The second-order valence-electron chi connectivity index (χ2n) is 12.9. The molecule has 2 amide bonds. The van der Waals surface area contributed by atoms with E-state index in [1.165, 1.54) is 46.1 Å². The lowest BCUT2D eigenvalue weighted by atomic mass is 10.0. The van der Waals surface area contributed by atoms with Gasteiger partial charge in [0.2, 0.25) is 5.88 Å². The topological polar surface area (TPSA) is 169 Å². The summed E-state index contributed by atoms with van der Waals surface area (Å²) in [7, 11) is -4.40. The first-order valence-corrected chi connectivity index (χ1v) is 17.6. The number of nitrogens with one attached hydrogen (secondary N) is 2. The first-order chi connectivity index (χ1) is 23.0. The lowest BCUT2D eigenvalue weighted by molar-refractivity contribution is -0.190. The van der Waals surface area contributed by atoms with E-state index in [0.717, 1.165) is 25.7 Å². The Labute approximate surface area is 286 Å². The molecule has 13 nitrogen and oxygen atoms in total. The summed E-state index contributed by atoms with van der Waals surface area (Å²) in [5, 5.41) is 16.1. The zero-order valence-corrected chi connectivity index (χ0v) is 28.4. The number of halogens is 4. The predicted octanol–water partition coefficient (Wildman–Crippen LogP) is 6.05. The Balaban J connectivity index is 1.12. The first kappa shape index (κ1) is 36.2. The number of unbranched alkanes of at least 4 members (excludes halogenated alkanes) is 1. The molecule has 18 heteroatoms. The number of pyridine rings is 2. The number of carbonyl (C=O) groups excluding carboxylic acids is 1. The highest BCUT2D eigenvalue weighted by Crippen LogP contribution is 2.59. The smallest absolute Gasteiger partial charge is 0.407 e. The van der Waals surface area contributed by atoms with E-state index in [9.17, 15) is 36.3 Å². The van der Waals surface area contributed by atoms with Crippen LogP contribution in [0.1, 0.15) is 75.6 Å². The zero-order chi connectivity index (χ0) is 35.6. The number of hydrogen-bond donors (Lipinski definition) is 3. The molecule has 0 bridgehead atoms. The largest absolute Gasteiger partial charge is 0.477 e. The minimum absolute atomic E-state index is 0.0392. The van der Waals surface area contributed by atoms with Gasteiger partial charge in [0.25, 0.3) is 15.9 Å². The van der Waals surface area contributed by atoms with Crippen LogP contribution in [-0.2, 0) is 10.0 Å². The molecule has 0 radical (unpaired) electrons. The van der Waals surface area contributed by atoms with E-state index in [1.807, 2.05) is 18.6 Å². The average Bonchev–Trinajstić information content (AvgIpc) is 3.57. The molecule has 1 aliphatic carbocycles. The molecule has 266 valence electrons. The van der Waals surface area contributed by atoms with E-state index in [0.29, 0.717) is 13.0 Å². The van der Waals surface area contributed by atoms with E-state index in [1.54, 1.807) is 6.07 Å². The summed E-state index contributed by atoms with van der Waals surface area (Å²) < 4.78 is 74.0. The highest BCUT2D eigenvalue weighted by Gasteiger charge is 2.62. The molecule has 3 aromatic heterocycles. The highest BCUT2D eigenvalue weighted by molar-refractivity contribution is 7.90. The highest BCUT2D eigenvalue weighted by atomic mass is 35.5. The molecule has 5 rings (SSSR count). The van der Waals surface area contributed by atoms with Gasteiger partial charge in [-0.2, -0.15) is 21.6 Å². The minimum Gasteiger partial charge on any atom is -0.477 e. The molecule has 1 aliphatic heterocycles. The number of likely N-dealkylation sites (tertiary alicyclic amines) is 1. The van der Waals surface area contributed by atoms with Crippen LogP contribution in [0.2, 0.25) is 5.15 Å². The molecule has 1 saturated heterocycles. The van der Waals surface area contributed by atoms with Gasteiger partial charge in [-0.3, -0.25) is 4.79 Å². The number of sulfonamides is 1. The quantitative estimate of drug-likeness (QED) is 0.131. The van der Waals surface area contributed by atoms with Crippen molar-refractivity contribution in [2.24, 2.45) is 5.41 Å². The molecular formula is C31H37ClF3N7O6S. The fraction of sp³-hybridized carbons (Fsp3) is 0.516. The Kier molecular flexibility index (Phi) is 10.3. The third-order valence-electron chi connectivity index (χ3n) is 8.97. The van der Waals surface area contributed by atoms with Gasteiger partial charge in [-0.05, 0) is 89.5 Å². The van der Waals surface area contributed by atoms with Gasteiger partial charge in [-0.25, -0.2) is 24.2 Å². The van der Waals surface area contributed by atoms with Crippen LogP contribution in [0.25, 0.3) is 5.82 Å². The number of amides is 2. The van der Waals surface area contributed by atoms with Crippen LogP contribution in [-0.4, -0.2) is 81.1 Å². The summed E-state index contributed by atoms with van der Waals surface area (Å²) in [6.07, 6.45) is 0.0521. The number of nitrogens with zero attached hydrogens (tertiary/aromatic N) is 5. The average molecular weight is 728 g/mol. The summed E-state index contributed by atoms with van der Waals surface area (Å²) in [4.78, 5) is 34.4. The van der Waals surface area contributed by atoms with E-state index in [2.05, 4.69) is 20.4 Å². The monoisotopic (exact) mass is 727 g/mol. The van der Waals surface area contributed by atoms with Crippen molar-refractivity contribution in [1.82, 2.24) is 29.4 Å². The number of rotatable bonds is 14. The Bertz CT molecular complexity index is 1800. The van der Waals surface area contributed by atoms with Crippen molar-refractivity contribution in [2.75, 3.05) is 18.5 Å². The summed E-state index contributed by atoms with van der Waals surface area (Å²) in [6.45, 7) is 4.16. The maximum absolute atomic E-state index is 13.1. The number of hydrogen-bond acceptors (Lipinski definition) is 9. The molecule has 4 heterocycles. The predicted molar refractivity (Wildman–Crippen MR) is 172 cm³/mol. The molecule has 1 saturated carbocycles. The third kappa shape index (κ3) is 8.37. The molecule has 49 heavy (non-hydrogen) atoms. The molecule has 3 aromatic rings. The molecular weight excluding hydrogens is 691 g/mol. The number of carbonyl (C=O) groups is 2. The van der Waals surface area contributed by atoms with E-state index < -0.39 is 38.6 Å². The minimum atomic E-state index is -4.40. The Morgan fingerprint density at radius 2 is 1.86 bits per heavy atom. The van der Waals surface area contributed by atoms with E-state index >= 15 is 0 Å². The number of aromatic nitrogens is 4. The lowest BCUT2D eigenvalue weighted by Gasteiger charge is -2.33. The van der Waals surface area contributed by atoms with Crippen LogP contribution in [0, 0.1) is 5.41 Å². The van der Waals surface area contributed by atoms with Gasteiger partial charge in [-0.1, -0.05) is 17.7 Å². The Hall–Kier alpha value is -4.12. The van der Waals surface area contributed by atoms with Gasteiger partial charge in [0.1, 0.15) is 11.0 Å². The summed E-state index contributed by atoms with van der Waals surface area (Å²) in [5.74, 6) is -0.533. The van der Waals surface area contributed by atoms with Crippen molar-refractivity contribution >= 4 is 39.4 Å². The van der Waals surface area contributed by atoms with Crippen LogP contribution in [0.4, 0.5) is 23.8 Å². The maximum atomic E-state index is 13.1. The van der Waals surface area contributed by atoms with E-state index in [4.69, 9.17) is 16.3 Å². The van der Waals surface area contributed by atoms with Crippen molar-refractivity contribution in [3.8, 4) is 11.7 Å². The maximum Gasteiger partial charge on any atom is 0.407 e. The molecule has 0 aromatic carbocycles. The number of anilines is 1. The molecule has 1 atom stereocenters. The van der Waals surface area contributed by atoms with Crippen molar-refractivity contribution < 1.29 is 41.0 Å². The number of ether oxygens (including phenoxy) is 1. The van der Waals surface area contributed by atoms with Crippen LogP contribution in [0.3, 0.4) is 0 Å². The van der Waals surface area contributed by atoms with Crippen molar-refractivity contribution in [1.29, 1.82) is 0 Å². The van der Waals surface area contributed by atoms with Gasteiger partial charge in [0, 0.05) is 30.4 Å². The normalized spacial score (nSPS) is 18.2. The molecule has 2 aliphatic rings. The molecule has 3 N–H and O–H groups in total. The van der Waals surface area contributed by atoms with Crippen molar-refractivity contribution in [3.63, 3.8) is 0 Å². The van der Waals surface area contributed by atoms with Gasteiger partial charge < -0.3 is 20.1 Å². The SMILES string of the molecule is CC1(C)CCC(CCCCNc2cccc(S(=O)(=O)NC(=O)c3ccc(-n4ccc(OCCC5(C(F)(F)F)CC5)n4)nc3Cl)n2)N1C(=O)O. The van der Waals surface area contributed by atoms with Gasteiger partial charge in [-0.15, -0.1) is 5.10 Å². The second kappa shape index (κ2) is 14.0. The Morgan fingerprint density at radius 3 is 2.53 bits per heavy atom. The fourth-order valence-electron chi connectivity index (χ4n) is 5.98. The number of alkyl halides is 3. The second-order valence-corrected chi connectivity index (χ2v) is 14.8. The van der Waals surface area contributed by atoms with Crippen LogP contribution in [0.5, 0.6) is 5.88 Å². The van der Waals surface area contributed by atoms with Gasteiger partial charge in [0.15, 0.2) is 10.8 Å². The summed E-state index contributed by atoms with van der Waals surface area (Å²) in [5.41, 5.74) is -2.31. The van der Waals surface area contributed by atoms with E-state index in [-0.39, 0.29) is 65.7 Å². The van der Waals surface area contributed by atoms with Crippen LogP contribution < -0.4 is 14.8 Å². The number of carboxylic acid groups (broad SMARTS) is 1. The molecule has 1 unspecified atom stereocenters. The third-order valence-corrected chi connectivity index (χ3v) is 10.5. The standard InChI is InChI=1S/C31H37ClF3N7O6S/c1-29(2)13-11-20(42(29)28(44)45)6-3-4-17-36-22-7-5-8-25(37-22)49(46,47)40-27(43)21-9-10-23(38-26(21)32)41-18-12-24(39-41)48-19-16-30(14-15-30)31(33,34)35/h5,7-10,12,18,20H,3-4,6,11,13-17,19H2,1-2H3,(H,36,37)(H,40,43)(H,44,45). The molecule has 0 spiro atoms. The lowest BCUT2D eigenvalue weighted by Crippen LogP contribution is -2.46. The van der Waals surface area contributed by atoms with Gasteiger partial charge in [0.05, 0.1) is 17.6 Å². The first-order valence-electron chi connectivity index (χ1n) is 15.7. The van der Waals surface area contributed by atoms with Gasteiger partial charge >= 0.3 is 12.3 Å². The zero-order valence-electron chi connectivity index (χ0n) is 26.8. The summed E-state index contributed by atoms with van der Waals surface area (Å²) in [6, 6.07) is 8.32.